The van der Waals surface area contributed by atoms with E-state index in [1.165, 1.54) is 27.5 Å². The minimum absolute atomic E-state index is 0.101. The monoisotopic (exact) mass is 722 g/mol. The molecule has 3 aromatic rings. The number of amides is 2. The first-order valence-corrected chi connectivity index (χ1v) is 17.0. The molecular formula is C36H43IN4O4. The van der Waals surface area contributed by atoms with Crippen molar-refractivity contribution in [3.05, 3.63) is 94.8 Å². The van der Waals surface area contributed by atoms with Gasteiger partial charge in [0.1, 0.15) is 11.2 Å². The van der Waals surface area contributed by atoms with Gasteiger partial charge in [-0.05, 0) is 82.3 Å². The standard InChI is InChI=1S/C36H43IN4O4/c1-35(2,3)44-33(42)41(34(43)45-36(4,5)6)21-30-15-14-29(38-39-30)18-24-11-16-31-28(17-24)20-40(23-37)22-32(31)27-13-12-25-9-7-8-10-26(25)19-27/h7-16,19,28,32H,17-18,20-23H2,1-6H3. The molecule has 2 atom stereocenters. The SMILES string of the molecule is CC(C)(C)OC(=O)N(Cc1ccc(CC2=CC=C3C(C2)CN(CI)CC3c2ccc3ccccc3c2)nn1)C(=O)OC(C)(C)C. The summed E-state index contributed by atoms with van der Waals surface area (Å²) in [5.41, 5.74) is 3.99. The van der Waals surface area contributed by atoms with E-state index >= 15 is 0 Å². The first kappa shape index (κ1) is 33.1. The predicted molar refractivity (Wildman–Crippen MR) is 185 cm³/mol. The number of fused-ring (bicyclic) bond motifs is 2. The molecule has 2 unspecified atom stereocenters. The summed E-state index contributed by atoms with van der Waals surface area (Å²) in [6.45, 7) is 12.5. The van der Waals surface area contributed by atoms with Gasteiger partial charge in [0.15, 0.2) is 0 Å². The van der Waals surface area contributed by atoms with E-state index < -0.39 is 23.4 Å². The molecule has 1 aromatic heterocycles. The fourth-order valence-corrected chi connectivity index (χ4v) is 6.48. The maximum atomic E-state index is 12.9. The Morgan fingerprint density at radius 2 is 1.51 bits per heavy atom. The van der Waals surface area contributed by atoms with Crippen LogP contribution in [0, 0.1) is 5.92 Å². The molecule has 1 fully saturated rings. The number of rotatable bonds is 6. The average molecular weight is 723 g/mol. The van der Waals surface area contributed by atoms with E-state index in [4.69, 9.17) is 9.47 Å². The highest BCUT2D eigenvalue weighted by Gasteiger charge is 2.35. The number of imide groups is 1. The minimum Gasteiger partial charge on any atom is -0.443 e. The first-order chi connectivity index (χ1) is 21.3. The van der Waals surface area contributed by atoms with Crippen LogP contribution in [0.2, 0.25) is 0 Å². The third-order valence-corrected chi connectivity index (χ3v) is 8.85. The molecule has 1 aliphatic heterocycles. The topological polar surface area (TPSA) is 84.9 Å². The van der Waals surface area contributed by atoms with Crippen molar-refractivity contribution in [3.8, 4) is 0 Å². The maximum Gasteiger partial charge on any atom is 0.420 e. The molecule has 45 heavy (non-hydrogen) atoms. The second-order valence-electron chi connectivity index (χ2n) is 13.9. The van der Waals surface area contributed by atoms with Gasteiger partial charge in [0, 0.05) is 25.4 Å². The quantitative estimate of drug-likeness (QED) is 0.144. The van der Waals surface area contributed by atoms with Crippen molar-refractivity contribution in [2.75, 3.05) is 17.6 Å². The Kier molecular flexibility index (Phi) is 9.98. The van der Waals surface area contributed by atoms with Crippen LogP contribution >= 0.6 is 22.6 Å². The lowest BCUT2D eigenvalue weighted by molar-refractivity contribution is -0.000523. The van der Waals surface area contributed by atoms with Gasteiger partial charge in [-0.3, -0.25) is 4.90 Å². The highest BCUT2D eigenvalue weighted by molar-refractivity contribution is 14.1. The molecule has 238 valence electrons. The van der Waals surface area contributed by atoms with Crippen molar-refractivity contribution in [1.29, 1.82) is 0 Å². The molecule has 2 aliphatic rings. The molecule has 0 bridgehead atoms. The Balaban J connectivity index is 1.30. The Morgan fingerprint density at radius 3 is 2.13 bits per heavy atom. The molecule has 0 radical (unpaired) electrons. The molecule has 0 N–H and O–H groups in total. The van der Waals surface area contributed by atoms with E-state index in [1.54, 1.807) is 41.5 Å². The molecule has 8 nitrogen and oxygen atoms in total. The van der Waals surface area contributed by atoms with E-state index in [9.17, 15) is 9.59 Å². The zero-order valence-electron chi connectivity index (χ0n) is 27.0. The van der Waals surface area contributed by atoms with Gasteiger partial charge in [-0.1, -0.05) is 88.4 Å². The summed E-state index contributed by atoms with van der Waals surface area (Å²) in [6.07, 6.45) is 4.72. The molecule has 1 saturated heterocycles. The predicted octanol–water partition coefficient (Wildman–Crippen LogP) is 8.21. The smallest absolute Gasteiger partial charge is 0.420 e. The van der Waals surface area contributed by atoms with Gasteiger partial charge in [0.25, 0.3) is 0 Å². The number of benzene rings is 2. The minimum atomic E-state index is -0.785. The molecule has 2 amide bonds. The Labute approximate surface area is 280 Å². The van der Waals surface area contributed by atoms with Crippen LogP contribution < -0.4 is 0 Å². The number of nitrogens with zero attached hydrogens (tertiary/aromatic N) is 4. The number of likely N-dealkylation sites (tertiary alicyclic amines) is 1. The lowest BCUT2D eigenvalue weighted by atomic mass is 9.74. The summed E-state index contributed by atoms with van der Waals surface area (Å²) < 4.78 is 11.9. The number of aromatic nitrogens is 2. The summed E-state index contributed by atoms with van der Waals surface area (Å²) in [6, 6.07) is 19.2. The number of hydrogen-bond acceptors (Lipinski definition) is 7. The first-order valence-electron chi connectivity index (χ1n) is 15.5. The Hall–Kier alpha value is -3.31. The second-order valence-corrected chi connectivity index (χ2v) is 14.6. The third kappa shape index (κ3) is 8.70. The number of halogens is 1. The van der Waals surface area contributed by atoms with E-state index in [0.717, 1.165) is 34.7 Å². The number of piperidine rings is 1. The highest BCUT2D eigenvalue weighted by Crippen LogP contribution is 2.41. The van der Waals surface area contributed by atoms with Crippen LogP contribution in [0.3, 0.4) is 0 Å². The van der Waals surface area contributed by atoms with Crippen molar-refractivity contribution in [1.82, 2.24) is 20.0 Å². The third-order valence-electron chi connectivity index (χ3n) is 7.89. The van der Waals surface area contributed by atoms with Crippen LogP contribution in [0.25, 0.3) is 10.8 Å². The van der Waals surface area contributed by atoms with Gasteiger partial charge in [-0.15, -0.1) is 0 Å². The fraction of sp³-hybridized carbons (Fsp3) is 0.444. The van der Waals surface area contributed by atoms with Gasteiger partial charge < -0.3 is 9.47 Å². The molecule has 2 heterocycles. The van der Waals surface area contributed by atoms with E-state index in [1.807, 2.05) is 12.1 Å². The molecule has 1 aliphatic carbocycles. The van der Waals surface area contributed by atoms with Crippen LogP contribution in [-0.2, 0) is 22.4 Å². The van der Waals surface area contributed by atoms with Gasteiger partial charge in [0.05, 0.1) is 22.5 Å². The average Bonchev–Trinajstić information content (AvgIpc) is 2.97. The van der Waals surface area contributed by atoms with Crippen molar-refractivity contribution < 1.29 is 19.1 Å². The second kappa shape index (κ2) is 13.6. The summed E-state index contributed by atoms with van der Waals surface area (Å²) in [5.74, 6) is 0.825. The molecular weight excluding hydrogens is 679 g/mol. The summed E-state index contributed by atoms with van der Waals surface area (Å²) in [5, 5.41) is 11.4. The molecule has 0 saturated carbocycles. The van der Waals surface area contributed by atoms with Gasteiger partial charge >= 0.3 is 12.2 Å². The number of allylic oxidation sites excluding steroid dienone is 3. The lowest BCUT2D eigenvalue weighted by Gasteiger charge is -2.41. The van der Waals surface area contributed by atoms with E-state index in [2.05, 4.69) is 92.3 Å². The zero-order valence-corrected chi connectivity index (χ0v) is 29.2. The Bertz CT molecular complexity index is 1580. The van der Waals surface area contributed by atoms with Gasteiger partial charge in [-0.2, -0.15) is 10.2 Å². The summed E-state index contributed by atoms with van der Waals surface area (Å²) in [4.78, 5) is 29.3. The van der Waals surface area contributed by atoms with Crippen LogP contribution in [0.4, 0.5) is 9.59 Å². The molecule has 9 heteroatoms. The maximum absolute atomic E-state index is 12.9. The van der Waals surface area contributed by atoms with E-state index in [0.29, 0.717) is 24.0 Å². The zero-order chi connectivity index (χ0) is 32.4. The van der Waals surface area contributed by atoms with Crippen molar-refractivity contribution in [2.45, 2.75) is 78.0 Å². The van der Waals surface area contributed by atoms with Crippen molar-refractivity contribution in [2.24, 2.45) is 5.92 Å². The number of ether oxygens (including phenoxy) is 2. The summed E-state index contributed by atoms with van der Waals surface area (Å²) >= 11 is 2.48. The van der Waals surface area contributed by atoms with Crippen molar-refractivity contribution >= 4 is 45.5 Å². The number of alkyl halides is 1. The van der Waals surface area contributed by atoms with Crippen molar-refractivity contribution in [3.63, 3.8) is 0 Å². The number of carbonyl (C=O) groups excluding carboxylic acids is 2. The Morgan fingerprint density at radius 1 is 0.867 bits per heavy atom. The van der Waals surface area contributed by atoms with Crippen LogP contribution in [0.15, 0.2) is 77.9 Å². The highest BCUT2D eigenvalue weighted by atomic mass is 127. The molecule has 2 aromatic carbocycles. The molecule has 0 spiro atoms. The number of carbonyl (C=O) groups is 2. The van der Waals surface area contributed by atoms with Crippen LogP contribution in [0.1, 0.15) is 70.8 Å². The van der Waals surface area contributed by atoms with E-state index in [-0.39, 0.29) is 6.54 Å². The summed E-state index contributed by atoms with van der Waals surface area (Å²) in [7, 11) is 0. The largest absolute Gasteiger partial charge is 0.443 e. The number of hydrogen-bond donors (Lipinski definition) is 0. The normalized spacial score (nSPS) is 18.9. The van der Waals surface area contributed by atoms with Gasteiger partial charge in [0.2, 0.25) is 0 Å². The van der Waals surface area contributed by atoms with Gasteiger partial charge in [-0.25, -0.2) is 14.5 Å². The van der Waals surface area contributed by atoms with Crippen LogP contribution in [0.5, 0.6) is 0 Å². The van der Waals surface area contributed by atoms with Crippen LogP contribution in [-0.4, -0.2) is 61.0 Å². The molecule has 5 rings (SSSR count). The fourth-order valence-electron chi connectivity index (χ4n) is 5.92. The lowest BCUT2D eigenvalue weighted by Crippen LogP contribution is -2.43.